The maximum Gasteiger partial charge on any atom is 0.148 e. The average molecular weight is 340 g/mol. The highest BCUT2D eigenvalue weighted by atomic mass is 79.9. The first-order chi connectivity index (χ1) is 9.11. The third kappa shape index (κ3) is 3.59. The number of para-hydroxylation sites is 1. The van der Waals surface area contributed by atoms with E-state index in [1.807, 2.05) is 37.3 Å². The summed E-state index contributed by atoms with van der Waals surface area (Å²) in [6.45, 7) is 4.13. The zero-order valence-electron chi connectivity index (χ0n) is 11.1. The van der Waals surface area contributed by atoms with E-state index in [4.69, 9.17) is 10.5 Å². The largest absolute Gasteiger partial charge is 0.483 e. The Morgan fingerprint density at radius 3 is 2.58 bits per heavy atom. The Hall–Kier alpha value is -0.840. The molecule has 0 saturated heterocycles. The van der Waals surface area contributed by atoms with Crippen molar-refractivity contribution in [1.29, 1.82) is 0 Å². The summed E-state index contributed by atoms with van der Waals surface area (Å²) in [7, 11) is 0. The van der Waals surface area contributed by atoms with E-state index in [0.717, 1.165) is 26.4 Å². The van der Waals surface area contributed by atoms with Crippen LogP contribution in [0.5, 0.6) is 5.75 Å². The minimum absolute atomic E-state index is 0.00911. The van der Waals surface area contributed by atoms with Gasteiger partial charge < -0.3 is 10.5 Å². The Bertz CT molecular complexity index is 540. The van der Waals surface area contributed by atoms with Gasteiger partial charge in [0.15, 0.2) is 0 Å². The summed E-state index contributed by atoms with van der Waals surface area (Å²) < 4.78 is 7.26. The van der Waals surface area contributed by atoms with E-state index in [1.54, 1.807) is 11.3 Å². The normalized spacial score (nSPS) is 14.1. The molecule has 2 aromatic rings. The number of ether oxygens (including phenoxy) is 1. The Morgan fingerprint density at radius 1 is 1.26 bits per heavy atom. The first-order valence-electron chi connectivity index (χ1n) is 6.35. The van der Waals surface area contributed by atoms with Crippen LogP contribution >= 0.6 is 27.3 Å². The number of aryl methyl sites for hydroxylation is 1. The molecule has 0 radical (unpaired) electrons. The standard InChI is InChI=1S/C15H18BrNOS/c1-3-11(17)15(13-8-9-14(16)19-13)18-12-7-5-4-6-10(12)2/h4-9,11,15H,3,17H2,1-2H3. The second-order valence-corrected chi connectivity index (χ2v) is 7.01. The molecular formula is C15H18BrNOS. The molecule has 2 atom stereocenters. The van der Waals surface area contributed by atoms with E-state index < -0.39 is 0 Å². The van der Waals surface area contributed by atoms with Gasteiger partial charge in [-0.2, -0.15) is 0 Å². The van der Waals surface area contributed by atoms with Gasteiger partial charge in [-0.15, -0.1) is 11.3 Å². The molecule has 0 fully saturated rings. The van der Waals surface area contributed by atoms with Crippen LogP contribution in [0.4, 0.5) is 0 Å². The van der Waals surface area contributed by atoms with Crippen molar-refractivity contribution in [3.05, 3.63) is 50.6 Å². The van der Waals surface area contributed by atoms with Crippen molar-refractivity contribution >= 4 is 27.3 Å². The molecule has 1 aromatic carbocycles. The van der Waals surface area contributed by atoms with E-state index in [1.165, 1.54) is 0 Å². The van der Waals surface area contributed by atoms with Gasteiger partial charge in [0, 0.05) is 10.9 Å². The SMILES string of the molecule is CCC(N)C(Oc1ccccc1C)c1ccc(Br)s1. The zero-order valence-corrected chi connectivity index (χ0v) is 13.5. The monoisotopic (exact) mass is 339 g/mol. The first kappa shape index (κ1) is 14.6. The van der Waals surface area contributed by atoms with E-state index in [-0.39, 0.29) is 12.1 Å². The summed E-state index contributed by atoms with van der Waals surface area (Å²) in [5.74, 6) is 0.904. The number of thiophene rings is 1. The van der Waals surface area contributed by atoms with Crippen LogP contribution in [0.2, 0.25) is 0 Å². The molecule has 0 aliphatic heterocycles. The quantitative estimate of drug-likeness (QED) is 0.858. The molecule has 2 rings (SSSR count). The number of nitrogens with two attached hydrogens (primary N) is 1. The lowest BCUT2D eigenvalue weighted by atomic mass is 10.1. The molecule has 1 aromatic heterocycles. The predicted molar refractivity (Wildman–Crippen MR) is 84.8 cm³/mol. The number of benzene rings is 1. The summed E-state index contributed by atoms with van der Waals surface area (Å²) in [5.41, 5.74) is 7.35. The summed E-state index contributed by atoms with van der Waals surface area (Å²) in [6, 6.07) is 12.1. The molecular weight excluding hydrogens is 322 g/mol. The van der Waals surface area contributed by atoms with E-state index >= 15 is 0 Å². The van der Waals surface area contributed by atoms with Crippen LogP contribution < -0.4 is 10.5 Å². The predicted octanol–water partition coefficient (Wildman–Crippen LogP) is 4.68. The van der Waals surface area contributed by atoms with Crippen molar-refractivity contribution in [3.63, 3.8) is 0 Å². The Morgan fingerprint density at radius 2 is 2.00 bits per heavy atom. The van der Waals surface area contributed by atoms with Gasteiger partial charge in [0.2, 0.25) is 0 Å². The number of halogens is 1. The minimum Gasteiger partial charge on any atom is -0.483 e. The van der Waals surface area contributed by atoms with Gasteiger partial charge >= 0.3 is 0 Å². The second-order valence-electron chi connectivity index (χ2n) is 4.52. The smallest absolute Gasteiger partial charge is 0.148 e. The van der Waals surface area contributed by atoms with Gasteiger partial charge in [0.05, 0.1) is 3.79 Å². The molecule has 0 bridgehead atoms. The number of rotatable bonds is 5. The van der Waals surface area contributed by atoms with Gasteiger partial charge in [0.25, 0.3) is 0 Å². The lowest BCUT2D eigenvalue weighted by molar-refractivity contribution is 0.173. The second kappa shape index (κ2) is 6.55. The van der Waals surface area contributed by atoms with Gasteiger partial charge in [0.1, 0.15) is 11.9 Å². The first-order valence-corrected chi connectivity index (χ1v) is 7.96. The highest BCUT2D eigenvalue weighted by Crippen LogP contribution is 2.33. The topological polar surface area (TPSA) is 35.2 Å². The van der Waals surface area contributed by atoms with Crippen molar-refractivity contribution in [2.45, 2.75) is 32.4 Å². The van der Waals surface area contributed by atoms with Gasteiger partial charge in [-0.3, -0.25) is 0 Å². The van der Waals surface area contributed by atoms with Gasteiger partial charge in [-0.05, 0) is 53.0 Å². The van der Waals surface area contributed by atoms with Crippen molar-refractivity contribution in [3.8, 4) is 5.75 Å². The Balaban J connectivity index is 2.27. The van der Waals surface area contributed by atoms with Crippen LogP contribution in [0.3, 0.4) is 0 Å². The van der Waals surface area contributed by atoms with Crippen LogP contribution in [0, 0.1) is 6.92 Å². The van der Waals surface area contributed by atoms with Crippen molar-refractivity contribution < 1.29 is 4.74 Å². The molecule has 0 saturated carbocycles. The lowest BCUT2D eigenvalue weighted by Crippen LogP contribution is -2.31. The molecule has 2 unspecified atom stereocenters. The highest BCUT2D eigenvalue weighted by molar-refractivity contribution is 9.11. The third-order valence-electron chi connectivity index (χ3n) is 3.08. The molecule has 4 heteroatoms. The summed E-state index contributed by atoms with van der Waals surface area (Å²) in [5, 5.41) is 0. The number of hydrogen-bond acceptors (Lipinski definition) is 3. The fourth-order valence-corrected chi connectivity index (χ4v) is 3.41. The molecule has 102 valence electrons. The highest BCUT2D eigenvalue weighted by Gasteiger charge is 2.22. The Labute approximate surface area is 126 Å². The van der Waals surface area contributed by atoms with Crippen LogP contribution in [-0.4, -0.2) is 6.04 Å². The Kier molecular flexibility index (Phi) is 5.02. The van der Waals surface area contributed by atoms with Crippen LogP contribution in [0.15, 0.2) is 40.2 Å². The minimum atomic E-state index is -0.0950. The van der Waals surface area contributed by atoms with Crippen LogP contribution in [-0.2, 0) is 0 Å². The van der Waals surface area contributed by atoms with Crippen molar-refractivity contribution in [1.82, 2.24) is 0 Å². The maximum atomic E-state index is 6.22. The molecule has 2 N–H and O–H groups in total. The van der Waals surface area contributed by atoms with Crippen molar-refractivity contribution in [2.24, 2.45) is 5.73 Å². The summed E-state index contributed by atoms with van der Waals surface area (Å²) >= 11 is 5.17. The molecule has 0 aliphatic rings. The molecule has 1 heterocycles. The van der Waals surface area contributed by atoms with E-state index in [2.05, 4.69) is 28.9 Å². The lowest BCUT2D eigenvalue weighted by Gasteiger charge is -2.24. The fraction of sp³-hybridized carbons (Fsp3) is 0.333. The van der Waals surface area contributed by atoms with Crippen molar-refractivity contribution in [2.75, 3.05) is 0 Å². The molecule has 0 amide bonds. The number of hydrogen-bond donors (Lipinski definition) is 1. The molecule has 0 spiro atoms. The van der Waals surface area contributed by atoms with Crippen LogP contribution in [0.1, 0.15) is 29.9 Å². The van der Waals surface area contributed by atoms with Crippen LogP contribution in [0.25, 0.3) is 0 Å². The molecule has 19 heavy (non-hydrogen) atoms. The van der Waals surface area contributed by atoms with E-state index in [0.29, 0.717) is 0 Å². The summed E-state index contributed by atoms with van der Waals surface area (Å²) in [6.07, 6.45) is 0.786. The fourth-order valence-electron chi connectivity index (χ4n) is 1.88. The third-order valence-corrected chi connectivity index (χ3v) is 4.77. The average Bonchev–Trinajstić information content (AvgIpc) is 2.83. The van der Waals surface area contributed by atoms with E-state index in [9.17, 15) is 0 Å². The molecule has 0 aliphatic carbocycles. The van der Waals surface area contributed by atoms with Gasteiger partial charge in [-0.1, -0.05) is 25.1 Å². The van der Waals surface area contributed by atoms with Gasteiger partial charge in [-0.25, -0.2) is 0 Å². The maximum absolute atomic E-state index is 6.22. The zero-order chi connectivity index (χ0) is 13.8. The molecule has 2 nitrogen and oxygen atoms in total. The summed E-state index contributed by atoms with van der Waals surface area (Å²) in [4.78, 5) is 1.16.